The zero-order chi connectivity index (χ0) is 8.72. The van der Waals surface area contributed by atoms with Gasteiger partial charge in [0.25, 0.3) is 0 Å². The number of hydrogen-bond acceptors (Lipinski definition) is 0. The Kier molecular flexibility index (Phi) is 1.93. The Morgan fingerprint density at radius 1 is 1.25 bits per heavy atom. The van der Waals surface area contributed by atoms with E-state index in [9.17, 15) is 5.11 Å². The molecular weight excluding hydrogens is 195 g/mol. The van der Waals surface area contributed by atoms with Crippen LogP contribution in [0.5, 0.6) is 5.75 Å². The van der Waals surface area contributed by atoms with Crippen LogP contribution >= 0.6 is 23.2 Å². The van der Waals surface area contributed by atoms with Crippen molar-refractivity contribution in [2.24, 2.45) is 0 Å². The van der Waals surface area contributed by atoms with E-state index in [4.69, 9.17) is 23.2 Å². The molecule has 0 unspecified atom stereocenters. The molecule has 0 N–H and O–H groups in total. The third-order valence-electron chi connectivity index (χ3n) is 2.08. The fourth-order valence-electron chi connectivity index (χ4n) is 1.30. The molecule has 1 aliphatic rings. The van der Waals surface area contributed by atoms with E-state index in [0.717, 1.165) is 18.4 Å². The highest BCUT2D eigenvalue weighted by atomic mass is 35.5. The van der Waals surface area contributed by atoms with E-state index in [1.807, 2.05) is 0 Å². The first-order valence-corrected chi connectivity index (χ1v) is 4.60. The van der Waals surface area contributed by atoms with Gasteiger partial charge in [-0.15, -0.1) is 0 Å². The van der Waals surface area contributed by atoms with E-state index in [0.29, 0.717) is 16.0 Å². The number of benzene rings is 1. The van der Waals surface area contributed by atoms with Crippen LogP contribution in [0.25, 0.3) is 0 Å². The molecule has 0 heterocycles. The van der Waals surface area contributed by atoms with Gasteiger partial charge in [-0.25, -0.2) is 0 Å². The van der Waals surface area contributed by atoms with Crippen LogP contribution in [0.1, 0.15) is 24.3 Å². The van der Waals surface area contributed by atoms with Crippen molar-refractivity contribution in [3.63, 3.8) is 0 Å². The highest BCUT2D eigenvalue weighted by Gasteiger charge is 2.29. The maximum absolute atomic E-state index is 11.1. The van der Waals surface area contributed by atoms with E-state index in [-0.39, 0.29) is 5.75 Å². The Hall–Kier alpha value is -0.400. The molecule has 0 bridgehead atoms. The van der Waals surface area contributed by atoms with E-state index in [2.05, 4.69) is 0 Å². The summed E-state index contributed by atoms with van der Waals surface area (Å²) in [5, 5.41) is 12.1. The fourth-order valence-corrected chi connectivity index (χ4v) is 1.97. The van der Waals surface area contributed by atoms with Crippen molar-refractivity contribution in [1.29, 1.82) is 0 Å². The maximum atomic E-state index is 11.1. The average molecular weight is 202 g/mol. The first-order valence-electron chi connectivity index (χ1n) is 3.85. The molecule has 0 spiro atoms. The molecule has 0 aliphatic heterocycles. The maximum Gasteiger partial charge on any atom is 0.197 e. The largest absolute Gasteiger partial charge is 0.288 e. The Balaban J connectivity index is 2.55. The quantitative estimate of drug-likeness (QED) is 0.655. The van der Waals surface area contributed by atoms with Crippen molar-refractivity contribution in [2.75, 3.05) is 0 Å². The van der Waals surface area contributed by atoms with Crippen LogP contribution in [-0.4, -0.2) is 0 Å². The van der Waals surface area contributed by atoms with Gasteiger partial charge in [-0.3, -0.25) is 5.11 Å². The van der Waals surface area contributed by atoms with Gasteiger partial charge in [-0.1, -0.05) is 23.2 Å². The summed E-state index contributed by atoms with van der Waals surface area (Å²) in [6.45, 7) is 0. The summed E-state index contributed by atoms with van der Waals surface area (Å²) in [7, 11) is 0. The molecule has 1 aromatic carbocycles. The van der Waals surface area contributed by atoms with Crippen LogP contribution in [-0.2, 0) is 5.11 Å². The van der Waals surface area contributed by atoms with Gasteiger partial charge in [0.05, 0.1) is 5.02 Å². The monoisotopic (exact) mass is 201 g/mol. The molecule has 0 saturated heterocycles. The number of rotatable bonds is 1. The van der Waals surface area contributed by atoms with Gasteiger partial charge in [0, 0.05) is 5.02 Å². The lowest BCUT2D eigenvalue weighted by molar-refractivity contribution is 0.354. The minimum Gasteiger partial charge on any atom is -0.288 e. The fraction of sp³-hybridized carbons (Fsp3) is 0.333. The van der Waals surface area contributed by atoms with Crippen molar-refractivity contribution < 1.29 is 5.11 Å². The smallest absolute Gasteiger partial charge is 0.197 e. The van der Waals surface area contributed by atoms with Crippen LogP contribution in [0.2, 0.25) is 10.0 Å². The average Bonchev–Trinajstić information content (AvgIpc) is 2.81. The van der Waals surface area contributed by atoms with Gasteiger partial charge in [-0.05, 0) is 36.5 Å². The molecule has 0 aromatic heterocycles. The summed E-state index contributed by atoms with van der Waals surface area (Å²) in [4.78, 5) is 0. The lowest BCUT2D eigenvalue weighted by Crippen LogP contribution is -1.83. The molecule has 1 radical (unpaired) electrons. The van der Waals surface area contributed by atoms with Gasteiger partial charge in [0.2, 0.25) is 0 Å². The lowest BCUT2D eigenvalue weighted by Gasteiger charge is -2.04. The summed E-state index contributed by atoms with van der Waals surface area (Å²) >= 11 is 11.7. The van der Waals surface area contributed by atoms with Crippen molar-refractivity contribution in [2.45, 2.75) is 18.8 Å². The van der Waals surface area contributed by atoms with E-state index < -0.39 is 0 Å². The number of halogens is 2. The van der Waals surface area contributed by atoms with Gasteiger partial charge < -0.3 is 0 Å². The molecule has 12 heavy (non-hydrogen) atoms. The summed E-state index contributed by atoms with van der Waals surface area (Å²) in [5.41, 5.74) is 0.853. The predicted molar refractivity (Wildman–Crippen MR) is 48.6 cm³/mol. The Labute approximate surface area is 80.9 Å². The zero-order valence-corrected chi connectivity index (χ0v) is 7.82. The van der Waals surface area contributed by atoms with Crippen molar-refractivity contribution in [3.05, 3.63) is 27.7 Å². The van der Waals surface area contributed by atoms with E-state index in [1.165, 1.54) is 6.07 Å². The molecular formula is C9H7Cl2O. The lowest BCUT2D eigenvalue weighted by atomic mass is 10.1. The Morgan fingerprint density at radius 3 is 2.50 bits per heavy atom. The first-order chi connectivity index (χ1) is 5.70. The topological polar surface area (TPSA) is 19.9 Å². The van der Waals surface area contributed by atoms with Gasteiger partial charge >= 0.3 is 0 Å². The summed E-state index contributed by atoms with van der Waals surface area (Å²) in [5.74, 6) is 0.307. The van der Waals surface area contributed by atoms with Crippen LogP contribution in [0.15, 0.2) is 12.1 Å². The molecule has 63 valence electrons. The molecule has 2 rings (SSSR count). The van der Waals surface area contributed by atoms with Crippen LogP contribution < -0.4 is 0 Å². The molecule has 0 atom stereocenters. The Bertz CT molecular complexity index is 319. The van der Waals surface area contributed by atoms with Crippen molar-refractivity contribution >= 4 is 23.2 Å². The molecule has 0 amide bonds. The molecule has 1 nitrogen and oxygen atoms in total. The van der Waals surface area contributed by atoms with Gasteiger partial charge in [0.1, 0.15) is 0 Å². The molecule has 1 aliphatic carbocycles. The molecule has 1 saturated carbocycles. The van der Waals surface area contributed by atoms with Crippen LogP contribution in [0, 0.1) is 0 Å². The first kappa shape index (κ1) is 8.21. The van der Waals surface area contributed by atoms with Crippen LogP contribution in [0.4, 0.5) is 0 Å². The third kappa shape index (κ3) is 1.27. The standard InChI is InChI=1S/C9H7Cl2O/c10-6-3-4-7(12)9(11)8(6)5-1-2-5/h3-5H,1-2H2. The highest BCUT2D eigenvalue weighted by molar-refractivity contribution is 6.37. The second kappa shape index (κ2) is 2.82. The highest BCUT2D eigenvalue weighted by Crippen LogP contribution is 2.48. The predicted octanol–water partition coefficient (Wildman–Crippen LogP) is 4.01. The SMILES string of the molecule is [O]c1ccc(Cl)c(C2CC2)c1Cl. The molecule has 1 fully saturated rings. The van der Waals surface area contributed by atoms with Gasteiger partial charge in [-0.2, -0.15) is 0 Å². The van der Waals surface area contributed by atoms with Crippen molar-refractivity contribution in [1.82, 2.24) is 0 Å². The van der Waals surface area contributed by atoms with Gasteiger partial charge in [0.15, 0.2) is 5.75 Å². The minimum atomic E-state index is -0.122. The summed E-state index contributed by atoms with van der Waals surface area (Å²) in [6, 6.07) is 3.04. The van der Waals surface area contributed by atoms with E-state index in [1.54, 1.807) is 6.07 Å². The third-order valence-corrected chi connectivity index (χ3v) is 2.80. The normalized spacial score (nSPS) is 16.5. The molecule has 1 aromatic rings. The van der Waals surface area contributed by atoms with Crippen LogP contribution in [0.3, 0.4) is 0 Å². The molecule has 3 heteroatoms. The summed E-state index contributed by atoms with van der Waals surface area (Å²) in [6.07, 6.45) is 2.20. The van der Waals surface area contributed by atoms with E-state index >= 15 is 0 Å². The second-order valence-electron chi connectivity index (χ2n) is 3.05. The van der Waals surface area contributed by atoms with Crippen molar-refractivity contribution in [3.8, 4) is 5.75 Å². The Morgan fingerprint density at radius 2 is 1.92 bits per heavy atom. The second-order valence-corrected chi connectivity index (χ2v) is 3.83. The summed E-state index contributed by atoms with van der Waals surface area (Å²) < 4.78 is 0. The minimum absolute atomic E-state index is 0.122. The zero-order valence-electron chi connectivity index (χ0n) is 6.31. The number of hydrogen-bond donors (Lipinski definition) is 0.